The van der Waals surface area contributed by atoms with E-state index < -0.39 is 0 Å². The van der Waals surface area contributed by atoms with Gasteiger partial charge in [0.2, 0.25) is 0 Å². The van der Waals surface area contributed by atoms with E-state index in [1.165, 1.54) is 16.3 Å². The summed E-state index contributed by atoms with van der Waals surface area (Å²) in [6.45, 7) is 4.12. The highest BCUT2D eigenvalue weighted by molar-refractivity contribution is 6.23. The minimum Gasteiger partial charge on any atom is -0.467 e. The Morgan fingerprint density at radius 1 is 0.947 bits per heavy atom. The van der Waals surface area contributed by atoms with E-state index in [9.17, 15) is 0 Å². The standard InChI is InChI=1S/C17H15ClO/c1-11-7-8-13-5-3-4-6-14(13)15(11)16(18)17-12(2)9-10-19-17/h3-10,16H,1-2H3. The van der Waals surface area contributed by atoms with E-state index in [1.54, 1.807) is 6.26 Å². The van der Waals surface area contributed by atoms with Crippen molar-refractivity contribution in [1.29, 1.82) is 0 Å². The molecule has 2 heteroatoms. The quantitative estimate of drug-likeness (QED) is 0.570. The molecule has 0 aliphatic carbocycles. The Morgan fingerprint density at radius 3 is 2.47 bits per heavy atom. The highest BCUT2D eigenvalue weighted by atomic mass is 35.5. The molecule has 0 radical (unpaired) electrons. The monoisotopic (exact) mass is 270 g/mol. The Kier molecular flexibility index (Phi) is 3.08. The molecular weight excluding hydrogens is 256 g/mol. The number of rotatable bonds is 2. The van der Waals surface area contributed by atoms with Crippen LogP contribution in [0.3, 0.4) is 0 Å². The first-order chi connectivity index (χ1) is 9.18. The molecule has 96 valence electrons. The third-order valence-electron chi connectivity index (χ3n) is 3.57. The molecule has 3 rings (SSSR count). The van der Waals surface area contributed by atoms with Crippen molar-refractivity contribution in [3.8, 4) is 0 Å². The van der Waals surface area contributed by atoms with Gasteiger partial charge in [-0.15, -0.1) is 11.6 Å². The molecule has 0 saturated carbocycles. The molecular formula is C17H15ClO. The van der Waals surface area contributed by atoms with Crippen LogP contribution < -0.4 is 0 Å². The normalized spacial score (nSPS) is 12.8. The van der Waals surface area contributed by atoms with Crippen molar-refractivity contribution in [2.45, 2.75) is 19.2 Å². The zero-order chi connectivity index (χ0) is 13.4. The number of halogens is 1. The van der Waals surface area contributed by atoms with Crippen LogP contribution in [0.25, 0.3) is 10.8 Å². The summed E-state index contributed by atoms with van der Waals surface area (Å²) >= 11 is 6.67. The molecule has 0 bridgehead atoms. The minimum atomic E-state index is -0.249. The Labute approximate surface area is 117 Å². The summed E-state index contributed by atoms with van der Waals surface area (Å²) in [5.74, 6) is 0.834. The van der Waals surface area contributed by atoms with Crippen molar-refractivity contribution in [3.05, 3.63) is 71.2 Å². The number of alkyl halides is 1. The highest BCUT2D eigenvalue weighted by Gasteiger charge is 2.20. The molecule has 0 spiro atoms. The van der Waals surface area contributed by atoms with Gasteiger partial charge in [-0.3, -0.25) is 0 Å². The summed E-state index contributed by atoms with van der Waals surface area (Å²) in [7, 11) is 0. The summed E-state index contributed by atoms with van der Waals surface area (Å²) in [6, 6.07) is 14.5. The Bertz CT molecular complexity index is 727. The van der Waals surface area contributed by atoms with Gasteiger partial charge in [0.25, 0.3) is 0 Å². The molecule has 1 heterocycles. The average molecular weight is 271 g/mol. The van der Waals surface area contributed by atoms with Crippen LogP contribution >= 0.6 is 11.6 Å². The SMILES string of the molecule is Cc1ccoc1C(Cl)c1c(C)ccc2ccccc12. The van der Waals surface area contributed by atoms with Gasteiger partial charge < -0.3 is 4.42 Å². The lowest BCUT2D eigenvalue weighted by atomic mass is 9.95. The first kappa shape index (κ1) is 12.3. The van der Waals surface area contributed by atoms with Crippen molar-refractivity contribution in [2.75, 3.05) is 0 Å². The second-order valence-electron chi connectivity index (χ2n) is 4.85. The van der Waals surface area contributed by atoms with Crippen LogP contribution in [0, 0.1) is 13.8 Å². The summed E-state index contributed by atoms with van der Waals surface area (Å²) in [5, 5.41) is 2.15. The van der Waals surface area contributed by atoms with E-state index in [-0.39, 0.29) is 5.38 Å². The number of hydrogen-bond acceptors (Lipinski definition) is 1. The topological polar surface area (TPSA) is 13.1 Å². The Balaban J connectivity index is 2.24. The van der Waals surface area contributed by atoms with Crippen LogP contribution in [0.5, 0.6) is 0 Å². The van der Waals surface area contributed by atoms with Gasteiger partial charge in [-0.25, -0.2) is 0 Å². The van der Waals surface area contributed by atoms with E-state index in [1.807, 2.05) is 25.1 Å². The number of benzene rings is 2. The molecule has 1 atom stereocenters. The molecule has 2 aromatic carbocycles. The third-order valence-corrected chi connectivity index (χ3v) is 3.99. The van der Waals surface area contributed by atoms with Crippen LogP contribution in [-0.4, -0.2) is 0 Å². The third kappa shape index (κ3) is 2.04. The van der Waals surface area contributed by atoms with E-state index in [2.05, 4.69) is 31.2 Å². The second kappa shape index (κ2) is 4.75. The number of aryl methyl sites for hydroxylation is 2. The zero-order valence-electron chi connectivity index (χ0n) is 11.0. The van der Waals surface area contributed by atoms with Gasteiger partial charge in [0.05, 0.1) is 6.26 Å². The maximum absolute atomic E-state index is 6.67. The lowest BCUT2D eigenvalue weighted by molar-refractivity contribution is 0.514. The van der Waals surface area contributed by atoms with Gasteiger partial charge in [0.1, 0.15) is 11.1 Å². The molecule has 19 heavy (non-hydrogen) atoms. The molecule has 3 aromatic rings. The summed E-state index contributed by atoms with van der Waals surface area (Å²) in [4.78, 5) is 0. The van der Waals surface area contributed by atoms with Crippen LogP contribution in [-0.2, 0) is 0 Å². The highest BCUT2D eigenvalue weighted by Crippen LogP contribution is 2.37. The predicted octanol–water partition coefficient (Wildman–Crippen LogP) is 5.38. The van der Waals surface area contributed by atoms with Crippen molar-refractivity contribution >= 4 is 22.4 Å². The van der Waals surface area contributed by atoms with Crippen molar-refractivity contribution in [3.63, 3.8) is 0 Å². The fourth-order valence-corrected chi connectivity index (χ4v) is 3.03. The van der Waals surface area contributed by atoms with Crippen molar-refractivity contribution in [2.24, 2.45) is 0 Å². The molecule has 0 amide bonds. The van der Waals surface area contributed by atoms with Crippen LogP contribution in [0.1, 0.15) is 27.8 Å². The Hall–Kier alpha value is -1.73. The molecule has 1 nitrogen and oxygen atoms in total. The second-order valence-corrected chi connectivity index (χ2v) is 5.28. The molecule has 0 aliphatic heterocycles. The van der Waals surface area contributed by atoms with Gasteiger partial charge in [-0.2, -0.15) is 0 Å². The van der Waals surface area contributed by atoms with Crippen LogP contribution in [0.15, 0.2) is 53.1 Å². The molecule has 0 fully saturated rings. The van der Waals surface area contributed by atoms with Crippen molar-refractivity contribution in [1.82, 2.24) is 0 Å². The maximum atomic E-state index is 6.67. The van der Waals surface area contributed by atoms with E-state index >= 15 is 0 Å². The number of hydrogen-bond donors (Lipinski definition) is 0. The predicted molar refractivity (Wildman–Crippen MR) is 79.8 cm³/mol. The fraction of sp³-hybridized carbons (Fsp3) is 0.176. The molecule has 1 unspecified atom stereocenters. The lowest BCUT2D eigenvalue weighted by Gasteiger charge is -2.15. The zero-order valence-corrected chi connectivity index (χ0v) is 11.7. The van der Waals surface area contributed by atoms with Gasteiger partial charge in [0, 0.05) is 0 Å². The van der Waals surface area contributed by atoms with Gasteiger partial charge in [-0.1, -0.05) is 36.4 Å². The van der Waals surface area contributed by atoms with Crippen molar-refractivity contribution < 1.29 is 4.42 Å². The average Bonchev–Trinajstić information content (AvgIpc) is 2.84. The number of furan rings is 1. The van der Waals surface area contributed by atoms with Gasteiger partial charge in [0.15, 0.2) is 0 Å². The van der Waals surface area contributed by atoms with E-state index in [0.29, 0.717) is 0 Å². The first-order valence-corrected chi connectivity index (χ1v) is 6.78. The molecule has 0 aliphatic rings. The van der Waals surface area contributed by atoms with E-state index in [4.69, 9.17) is 16.0 Å². The van der Waals surface area contributed by atoms with E-state index in [0.717, 1.165) is 16.9 Å². The Morgan fingerprint density at radius 2 is 1.74 bits per heavy atom. The lowest BCUT2D eigenvalue weighted by Crippen LogP contribution is -1.98. The fourth-order valence-electron chi connectivity index (χ4n) is 2.52. The molecule has 0 saturated heterocycles. The summed E-state index contributed by atoms with van der Waals surface area (Å²) < 4.78 is 5.55. The molecule has 1 aromatic heterocycles. The summed E-state index contributed by atoms with van der Waals surface area (Å²) in [6.07, 6.45) is 1.69. The smallest absolute Gasteiger partial charge is 0.129 e. The number of fused-ring (bicyclic) bond motifs is 1. The molecule has 0 N–H and O–H groups in total. The summed E-state index contributed by atoms with van der Waals surface area (Å²) in [5.41, 5.74) is 3.42. The van der Waals surface area contributed by atoms with Gasteiger partial charge in [-0.05, 0) is 47.4 Å². The first-order valence-electron chi connectivity index (χ1n) is 6.35. The van der Waals surface area contributed by atoms with Crippen LogP contribution in [0.2, 0.25) is 0 Å². The van der Waals surface area contributed by atoms with Crippen LogP contribution in [0.4, 0.5) is 0 Å². The minimum absolute atomic E-state index is 0.249. The largest absolute Gasteiger partial charge is 0.467 e. The maximum Gasteiger partial charge on any atom is 0.129 e. The van der Waals surface area contributed by atoms with Gasteiger partial charge >= 0.3 is 0 Å².